The summed E-state index contributed by atoms with van der Waals surface area (Å²) in [5.41, 5.74) is 0. The van der Waals surface area contributed by atoms with Crippen molar-refractivity contribution in [2.45, 2.75) is 23.4 Å². The topological polar surface area (TPSA) is 120 Å². The Labute approximate surface area is 139 Å². The third-order valence-electron chi connectivity index (χ3n) is 3.49. The summed E-state index contributed by atoms with van der Waals surface area (Å²) in [5.74, 6) is -2.90. The SMILES string of the molecule is O=S(=O)(Nc1ncnn1-c1ncccn1)c1ccn(C2CC2(F)F)n1. The second kappa shape index (κ2) is 5.27. The molecule has 1 fully saturated rings. The van der Waals surface area contributed by atoms with Gasteiger partial charge in [-0.05, 0) is 12.1 Å². The zero-order chi connectivity index (χ0) is 17.7. The molecule has 25 heavy (non-hydrogen) atoms. The highest BCUT2D eigenvalue weighted by molar-refractivity contribution is 7.92. The molecule has 1 saturated carbocycles. The lowest BCUT2D eigenvalue weighted by Crippen LogP contribution is -2.18. The van der Waals surface area contributed by atoms with Crippen molar-refractivity contribution in [3.63, 3.8) is 0 Å². The van der Waals surface area contributed by atoms with Gasteiger partial charge in [-0.2, -0.15) is 28.3 Å². The Kier molecular flexibility index (Phi) is 3.28. The lowest BCUT2D eigenvalue weighted by molar-refractivity contribution is 0.0981. The van der Waals surface area contributed by atoms with Crippen molar-refractivity contribution in [1.82, 2.24) is 34.5 Å². The van der Waals surface area contributed by atoms with E-state index in [4.69, 9.17) is 0 Å². The van der Waals surface area contributed by atoms with Gasteiger partial charge in [0.05, 0.1) is 0 Å². The van der Waals surface area contributed by atoms with Crippen LogP contribution >= 0.6 is 0 Å². The van der Waals surface area contributed by atoms with Crippen LogP contribution in [0.3, 0.4) is 0 Å². The Morgan fingerprint density at radius 1 is 1.24 bits per heavy atom. The third kappa shape index (κ3) is 2.82. The predicted octanol–water partition coefficient (Wildman–Crippen LogP) is 0.635. The van der Waals surface area contributed by atoms with E-state index in [2.05, 4.69) is 29.9 Å². The van der Waals surface area contributed by atoms with Crippen LogP contribution in [0.25, 0.3) is 5.95 Å². The maximum atomic E-state index is 13.1. The van der Waals surface area contributed by atoms with E-state index in [0.29, 0.717) is 0 Å². The molecule has 0 amide bonds. The van der Waals surface area contributed by atoms with Gasteiger partial charge >= 0.3 is 0 Å². The minimum Gasteiger partial charge on any atom is -0.262 e. The maximum absolute atomic E-state index is 13.1. The fourth-order valence-corrected chi connectivity index (χ4v) is 3.08. The van der Waals surface area contributed by atoms with Crippen molar-refractivity contribution in [2.75, 3.05) is 4.72 Å². The minimum absolute atomic E-state index is 0.112. The van der Waals surface area contributed by atoms with Gasteiger partial charge in [-0.1, -0.05) is 0 Å². The van der Waals surface area contributed by atoms with Crippen LogP contribution in [-0.2, 0) is 10.0 Å². The van der Waals surface area contributed by atoms with Gasteiger partial charge in [0.15, 0.2) is 5.03 Å². The van der Waals surface area contributed by atoms with E-state index in [1.54, 1.807) is 6.07 Å². The fraction of sp³-hybridized carbons (Fsp3) is 0.250. The molecule has 3 aromatic rings. The van der Waals surface area contributed by atoms with Crippen LogP contribution in [-0.4, -0.2) is 48.9 Å². The normalized spacial score (nSPS) is 18.9. The lowest BCUT2D eigenvalue weighted by atomic mass is 10.6. The zero-order valence-corrected chi connectivity index (χ0v) is 13.2. The largest absolute Gasteiger partial charge is 0.283 e. The van der Waals surface area contributed by atoms with E-state index in [9.17, 15) is 17.2 Å². The molecule has 1 N–H and O–H groups in total. The van der Waals surface area contributed by atoms with E-state index in [1.807, 2.05) is 0 Å². The minimum atomic E-state index is -4.14. The predicted molar refractivity (Wildman–Crippen MR) is 78.6 cm³/mol. The molecule has 0 radical (unpaired) electrons. The van der Waals surface area contributed by atoms with Gasteiger partial charge in [-0.15, -0.1) is 0 Å². The number of hydrogen-bond acceptors (Lipinski definition) is 7. The van der Waals surface area contributed by atoms with Crippen LogP contribution in [0.4, 0.5) is 14.7 Å². The second-order valence-corrected chi connectivity index (χ2v) is 6.89. The summed E-state index contributed by atoms with van der Waals surface area (Å²) in [6.45, 7) is 0. The summed E-state index contributed by atoms with van der Waals surface area (Å²) in [4.78, 5) is 11.7. The average Bonchev–Trinajstić information content (AvgIpc) is 3.00. The third-order valence-corrected chi connectivity index (χ3v) is 4.71. The van der Waals surface area contributed by atoms with E-state index in [0.717, 1.165) is 21.8 Å². The molecular formula is C12H10F2N8O2S. The highest BCUT2D eigenvalue weighted by atomic mass is 32.2. The van der Waals surface area contributed by atoms with E-state index in [1.165, 1.54) is 18.6 Å². The molecule has 0 aromatic carbocycles. The Bertz CT molecular complexity index is 1020. The number of nitrogens with one attached hydrogen (secondary N) is 1. The van der Waals surface area contributed by atoms with Crippen molar-refractivity contribution < 1.29 is 17.2 Å². The molecule has 130 valence electrons. The smallest absolute Gasteiger partial charge is 0.262 e. The number of anilines is 1. The summed E-state index contributed by atoms with van der Waals surface area (Å²) in [6, 6.07) is 1.61. The number of rotatable bonds is 5. The Morgan fingerprint density at radius 2 is 1.96 bits per heavy atom. The van der Waals surface area contributed by atoms with Crippen LogP contribution in [0.15, 0.2) is 42.1 Å². The van der Waals surface area contributed by atoms with Gasteiger partial charge in [0.2, 0.25) is 5.95 Å². The van der Waals surface area contributed by atoms with Crippen molar-refractivity contribution in [2.24, 2.45) is 0 Å². The summed E-state index contributed by atoms with van der Waals surface area (Å²) < 4.78 is 55.2. The standard InChI is InChI=1S/C12H10F2N8O2S/c13-12(14)6-8(12)21-5-2-9(19-21)25(23,24)20-11-17-7-18-22(11)10-15-3-1-4-16-10/h1-5,7-8H,6H2,(H,17,18,20). The highest BCUT2D eigenvalue weighted by Gasteiger charge is 2.59. The molecule has 10 nitrogen and oxygen atoms in total. The quantitative estimate of drug-likeness (QED) is 0.701. The maximum Gasteiger partial charge on any atom is 0.283 e. The first kappa shape index (κ1) is 15.6. The molecule has 0 spiro atoms. The molecule has 1 aliphatic carbocycles. The molecule has 3 heterocycles. The summed E-state index contributed by atoms with van der Waals surface area (Å²) >= 11 is 0. The van der Waals surface area contributed by atoms with Gasteiger partial charge in [0.1, 0.15) is 12.4 Å². The van der Waals surface area contributed by atoms with Crippen molar-refractivity contribution >= 4 is 16.0 Å². The van der Waals surface area contributed by atoms with Crippen LogP contribution in [0, 0.1) is 0 Å². The summed E-state index contributed by atoms with van der Waals surface area (Å²) in [7, 11) is -4.14. The van der Waals surface area contributed by atoms with Gasteiger partial charge in [0, 0.05) is 25.0 Å². The second-order valence-electron chi connectivity index (χ2n) is 5.26. The Balaban J connectivity index is 1.60. The molecular weight excluding hydrogens is 358 g/mol. The van der Waals surface area contributed by atoms with Crippen molar-refractivity contribution in [3.8, 4) is 5.95 Å². The summed E-state index contributed by atoms with van der Waals surface area (Å²) in [6.07, 6.45) is 4.88. The average molecular weight is 368 g/mol. The van der Waals surface area contributed by atoms with E-state index < -0.39 is 27.0 Å². The molecule has 0 saturated heterocycles. The van der Waals surface area contributed by atoms with Gasteiger partial charge in [-0.25, -0.2) is 23.5 Å². The first-order valence-electron chi connectivity index (χ1n) is 7.00. The molecule has 1 unspecified atom stereocenters. The number of alkyl halides is 2. The lowest BCUT2D eigenvalue weighted by Gasteiger charge is -2.06. The first-order chi connectivity index (χ1) is 11.9. The Hall–Kier alpha value is -2.96. The van der Waals surface area contributed by atoms with E-state index in [-0.39, 0.29) is 18.3 Å². The van der Waals surface area contributed by atoms with Crippen LogP contribution in [0.1, 0.15) is 12.5 Å². The first-order valence-corrected chi connectivity index (χ1v) is 8.48. The van der Waals surface area contributed by atoms with Crippen LogP contribution < -0.4 is 4.72 Å². The molecule has 1 atom stereocenters. The number of sulfonamides is 1. The molecule has 0 aliphatic heterocycles. The van der Waals surface area contributed by atoms with Gasteiger partial charge < -0.3 is 0 Å². The Morgan fingerprint density at radius 3 is 2.64 bits per heavy atom. The monoisotopic (exact) mass is 368 g/mol. The van der Waals surface area contributed by atoms with Gasteiger partial charge in [0.25, 0.3) is 21.9 Å². The number of nitrogens with zero attached hydrogens (tertiary/aromatic N) is 7. The molecule has 4 rings (SSSR count). The number of halogens is 2. The van der Waals surface area contributed by atoms with E-state index >= 15 is 0 Å². The summed E-state index contributed by atoms with van der Waals surface area (Å²) in [5, 5.41) is 7.17. The van der Waals surface area contributed by atoms with Crippen LogP contribution in [0.2, 0.25) is 0 Å². The fourth-order valence-electron chi connectivity index (χ4n) is 2.15. The van der Waals surface area contributed by atoms with Crippen LogP contribution in [0.5, 0.6) is 0 Å². The molecule has 3 aromatic heterocycles. The molecule has 0 bridgehead atoms. The number of aromatic nitrogens is 7. The van der Waals surface area contributed by atoms with Crippen molar-refractivity contribution in [1.29, 1.82) is 0 Å². The zero-order valence-electron chi connectivity index (χ0n) is 12.4. The number of hydrogen-bond donors (Lipinski definition) is 1. The van der Waals surface area contributed by atoms with Crippen molar-refractivity contribution in [3.05, 3.63) is 37.1 Å². The highest BCUT2D eigenvalue weighted by Crippen LogP contribution is 2.52. The molecule has 1 aliphatic rings. The van der Waals surface area contributed by atoms with Gasteiger partial charge in [-0.3, -0.25) is 4.68 Å². The molecule has 13 heteroatoms.